The van der Waals surface area contributed by atoms with Crippen LogP contribution in [0.25, 0.3) is 0 Å². The highest BCUT2D eigenvalue weighted by Gasteiger charge is 2.12. The molecular weight excluding hydrogens is 192 g/mol. The average Bonchev–Trinajstić information content (AvgIpc) is 2.47. The predicted octanol–water partition coefficient (Wildman–Crippen LogP) is 2.73. The molecule has 4 heteroatoms. The van der Waals surface area contributed by atoms with E-state index < -0.39 is 5.97 Å². The van der Waals surface area contributed by atoms with Crippen LogP contribution in [0.15, 0.2) is 10.3 Å². The van der Waals surface area contributed by atoms with E-state index >= 15 is 0 Å². The number of carboxylic acids is 1. The van der Waals surface area contributed by atoms with Crippen LogP contribution in [0.4, 0.5) is 0 Å². The lowest BCUT2D eigenvalue weighted by Crippen LogP contribution is -1.94. The number of hydrogen-bond donors (Lipinski definition) is 1. The molecule has 0 radical (unpaired) electrons. The summed E-state index contributed by atoms with van der Waals surface area (Å²) in [5.74, 6) is -0.824. The van der Waals surface area contributed by atoms with E-state index in [-0.39, 0.29) is 0 Å². The lowest BCUT2D eigenvalue weighted by molar-refractivity contribution is 0.0694. The summed E-state index contributed by atoms with van der Waals surface area (Å²) in [4.78, 5) is 11.8. The van der Waals surface area contributed by atoms with Crippen molar-refractivity contribution in [1.29, 1.82) is 0 Å². The summed E-state index contributed by atoms with van der Waals surface area (Å²) in [5.41, 5.74) is 0.448. The molecule has 66 valence electrons. The van der Waals surface area contributed by atoms with Crippen LogP contribution in [0.2, 0.25) is 0 Å². The number of aromatic carboxylic acids is 1. The van der Waals surface area contributed by atoms with Crippen LogP contribution in [-0.4, -0.2) is 17.3 Å². The van der Waals surface area contributed by atoms with Crippen LogP contribution in [-0.2, 0) is 6.42 Å². The van der Waals surface area contributed by atoms with Gasteiger partial charge in [-0.1, -0.05) is 6.92 Å². The molecule has 0 aliphatic heterocycles. The van der Waals surface area contributed by atoms with Gasteiger partial charge in [0.25, 0.3) is 0 Å². The normalized spacial score (nSPS) is 10.2. The van der Waals surface area contributed by atoms with Crippen LogP contribution in [0.3, 0.4) is 0 Å². The van der Waals surface area contributed by atoms with Gasteiger partial charge in [0, 0.05) is 4.88 Å². The van der Waals surface area contributed by atoms with Gasteiger partial charge < -0.3 is 5.11 Å². The van der Waals surface area contributed by atoms with E-state index in [1.54, 1.807) is 17.4 Å². The molecule has 1 rings (SSSR count). The van der Waals surface area contributed by atoms with Crippen molar-refractivity contribution >= 4 is 29.1 Å². The molecule has 2 nitrogen and oxygen atoms in total. The molecule has 1 heterocycles. The van der Waals surface area contributed by atoms with Crippen molar-refractivity contribution in [3.63, 3.8) is 0 Å². The molecule has 0 saturated carbocycles. The van der Waals surface area contributed by atoms with E-state index in [0.29, 0.717) is 5.56 Å². The van der Waals surface area contributed by atoms with E-state index in [9.17, 15) is 4.79 Å². The first kappa shape index (κ1) is 9.61. The van der Waals surface area contributed by atoms with Gasteiger partial charge in [-0.15, -0.1) is 23.1 Å². The second-order valence-electron chi connectivity index (χ2n) is 2.28. The van der Waals surface area contributed by atoms with Crippen LogP contribution in [0.5, 0.6) is 0 Å². The Kier molecular flexibility index (Phi) is 3.17. The summed E-state index contributed by atoms with van der Waals surface area (Å²) < 4.78 is 0.902. The van der Waals surface area contributed by atoms with Crippen molar-refractivity contribution in [2.75, 3.05) is 6.26 Å². The smallest absolute Gasteiger partial charge is 0.337 e. The summed E-state index contributed by atoms with van der Waals surface area (Å²) in [7, 11) is 0. The highest BCUT2D eigenvalue weighted by Crippen LogP contribution is 2.30. The number of thioether (sulfide) groups is 1. The molecule has 12 heavy (non-hydrogen) atoms. The third-order valence-electron chi connectivity index (χ3n) is 1.51. The Hall–Kier alpha value is -0.480. The summed E-state index contributed by atoms with van der Waals surface area (Å²) in [6.07, 6.45) is 2.81. The van der Waals surface area contributed by atoms with E-state index in [1.807, 2.05) is 13.2 Å². The first-order chi connectivity index (χ1) is 5.69. The van der Waals surface area contributed by atoms with Gasteiger partial charge in [-0.2, -0.15) is 0 Å². The van der Waals surface area contributed by atoms with Gasteiger partial charge >= 0.3 is 5.97 Å². The van der Waals surface area contributed by atoms with Gasteiger partial charge in [-0.05, 0) is 18.7 Å². The number of carbonyl (C=O) groups is 1. The number of aryl methyl sites for hydroxylation is 1. The molecule has 0 saturated heterocycles. The van der Waals surface area contributed by atoms with Gasteiger partial charge in [0.05, 0.1) is 9.77 Å². The van der Waals surface area contributed by atoms with Gasteiger partial charge in [0.1, 0.15) is 0 Å². The summed E-state index contributed by atoms with van der Waals surface area (Å²) >= 11 is 3.07. The quantitative estimate of drug-likeness (QED) is 0.766. The molecular formula is C8H10O2S2. The van der Waals surface area contributed by atoms with Crippen LogP contribution in [0.1, 0.15) is 22.2 Å². The minimum Gasteiger partial charge on any atom is -0.478 e. The molecule has 0 bridgehead atoms. The Morgan fingerprint density at radius 3 is 2.75 bits per heavy atom. The Balaban J connectivity index is 3.08. The molecule has 1 aromatic heterocycles. The second kappa shape index (κ2) is 3.96. The average molecular weight is 202 g/mol. The van der Waals surface area contributed by atoms with Gasteiger partial charge in [0.2, 0.25) is 0 Å². The number of carboxylic acid groups (broad SMARTS) is 1. The Morgan fingerprint density at radius 1 is 1.75 bits per heavy atom. The first-order valence-corrected chi connectivity index (χ1v) is 5.63. The van der Waals surface area contributed by atoms with Crippen molar-refractivity contribution < 1.29 is 9.90 Å². The van der Waals surface area contributed by atoms with Crippen molar-refractivity contribution in [3.8, 4) is 0 Å². The lowest BCUT2D eigenvalue weighted by atomic mass is 10.3. The fraction of sp³-hybridized carbons (Fsp3) is 0.375. The maximum atomic E-state index is 10.7. The number of hydrogen-bond acceptors (Lipinski definition) is 3. The van der Waals surface area contributed by atoms with E-state index in [0.717, 1.165) is 15.5 Å². The van der Waals surface area contributed by atoms with Gasteiger partial charge in [-0.25, -0.2) is 4.79 Å². The third-order valence-corrected chi connectivity index (χ3v) is 3.93. The zero-order valence-electron chi connectivity index (χ0n) is 6.96. The molecule has 0 amide bonds. The van der Waals surface area contributed by atoms with Crippen molar-refractivity contribution in [2.45, 2.75) is 17.6 Å². The standard InChI is InChI=1S/C8H10O2S2/c1-3-5-4-6(7(9)10)8(11-2)12-5/h4H,3H2,1-2H3,(H,9,10). The maximum absolute atomic E-state index is 10.7. The molecule has 0 unspecified atom stereocenters. The summed E-state index contributed by atoms with van der Waals surface area (Å²) in [6, 6.07) is 1.76. The van der Waals surface area contributed by atoms with Crippen LogP contribution < -0.4 is 0 Å². The minimum atomic E-state index is -0.824. The SMILES string of the molecule is CCc1cc(C(=O)O)c(SC)s1. The Bertz CT molecular complexity index is 291. The first-order valence-electron chi connectivity index (χ1n) is 3.59. The topological polar surface area (TPSA) is 37.3 Å². The molecule has 1 aromatic rings. The molecule has 0 aromatic carbocycles. The highest BCUT2D eigenvalue weighted by atomic mass is 32.2. The van der Waals surface area contributed by atoms with Crippen molar-refractivity contribution in [1.82, 2.24) is 0 Å². The predicted molar refractivity (Wildman–Crippen MR) is 52.4 cm³/mol. The summed E-state index contributed by atoms with van der Waals surface area (Å²) in [6.45, 7) is 2.03. The molecule has 0 fully saturated rings. The third kappa shape index (κ3) is 1.81. The lowest BCUT2D eigenvalue weighted by Gasteiger charge is -1.90. The molecule has 0 atom stereocenters. The van der Waals surface area contributed by atoms with Crippen molar-refractivity contribution in [2.24, 2.45) is 0 Å². The fourth-order valence-corrected chi connectivity index (χ4v) is 2.73. The zero-order valence-corrected chi connectivity index (χ0v) is 8.59. The fourth-order valence-electron chi connectivity index (χ4n) is 0.898. The Morgan fingerprint density at radius 2 is 2.42 bits per heavy atom. The second-order valence-corrected chi connectivity index (χ2v) is 4.49. The van der Waals surface area contributed by atoms with E-state index in [1.165, 1.54) is 11.8 Å². The summed E-state index contributed by atoms with van der Waals surface area (Å²) in [5, 5.41) is 8.80. The zero-order chi connectivity index (χ0) is 9.14. The minimum absolute atomic E-state index is 0.448. The molecule has 0 aliphatic carbocycles. The highest BCUT2D eigenvalue weighted by molar-refractivity contribution is 8.00. The van der Waals surface area contributed by atoms with Crippen LogP contribution >= 0.6 is 23.1 Å². The van der Waals surface area contributed by atoms with Gasteiger partial charge in [-0.3, -0.25) is 0 Å². The molecule has 0 spiro atoms. The monoisotopic (exact) mass is 202 g/mol. The molecule has 0 aliphatic rings. The van der Waals surface area contributed by atoms with E-state index in [4.69, 9.17) is 5.11 Å². The number of thiophene rings is 1. The number of rotatable bonds is 3. The molecule has 1 N–H and O–H groups in total. The maximum Gasteiger partial charge on any atom is 0.337 e. The Labute approximate surface area is 79.6 Å². The van der Waals surface area contributed by atoms with E-state index in [2.05, 4.69) is 0 Å². The van der Waals surface area contributed by atoms with Gasteiger partial charge in [0.15, 0.2) is 0 Å². The largest absolute Gasteiger partial charge is 0.478 e. The van der Waals surface area contributed by atoms with Crippen molar-refractivity contribution in [3.05, 3.63) is 16.5 Å². The van der Waals surface area contributed by atoms with Crippen LogP contribution in [0, 0.1) is 0 Å².